The normalized spacial score (nSPS) is 19.4. The number of rotatable bonds is 5. The predicted molar refractivity (Wildman–Crippen MR) is 130 cm³/mol. The van der Waals surface area contributed by atoms with E-state index < -0.39 is 0 Å². The molecule has 1 atom stereocenters. The number of allylic oxidation sites excluding steroid dienone is 2. The molecule has 1 fully saturated rings. The minimum atomic E-state index is -0.00627. The van der Waals surface area contributed by atoms with Crippen molar-refractivity contribution < 1.29 is 0 Å². The van der Waals surface area contributed by atoms with Crippen LogP contribution in [0.4, 0.5) is 17.3 Å². The fourth-order valence-corrected chi connectivity index (χ4v) is 4.54. The lowest BCUT2D eigenvalue weighted by atomic mass is 9.94. The van der Waals surface area contributed by atoms with Crippen molar-refractivity contribution in [2.24, 2.45) is 5.92 Å². The summed E-state index contributed by atoms with van der Waals surface area (Å²) in [5.41, 5.74) is 2.86. The van der Waals surface area contributed by atoms with Crippen molar-refractivity contribution in [2.45, 2.75) is 25.8 Å². The van der Waals surface area contributed by atoms with Gasteiger partial charge in [-0.05, 0) is 62.6 Å². The van der Waals surface area contributed by atoms with Crippen molar-refractivity contribution >= 4 is 28.4 Å². The number of nitrogens with one attached hydrogen (secondary N) is 1. The number of aromatic nitrogens is 3. The molecule has 2 aliphatic rings. The van der Waals surface area contributed by atoms with E-state index in [1.165, 1.54) is 5.69 Å². The first kappa shape index (κ1) is 20.7. The monoisotopic (exact) mass is 430 g/mol. The van der Waals surface area contributed by atoms with Crippen LogP contribution in [0.5, 0.6) is 0 Å². The van der Waals surface area contributed by atoms with Crippen LogP contribution in [0.2, 0.25) is 0 Å². The van der Waals surface area contributed by atoms with Crippen molar-refractivity contribution in [3.63, 3.8) is 0 Å². The third-order valence-electron chi connectivity index (χ3n) is 6.53. The lowest BCUT2D eigenvalue weighted by Gasteiger charge is -2.34. The van der Waals surface area contributed by atoms with Crippen LogP contribution >= 0.6 is 0 Å². The highest BCUT2D eigenvalue weighted by Crippen LogP contribution is 2.23. The Morgan fingerprint density at radius 3 is 2.59 bits per heavy atom. The molecular formula is C25H30N6O. The summed E-state index contributed by atoms with van der Waals surface area (Å²) in [5, 5.41) is 4.19. The minimum Gasteiger partial charge on any atom is -0.369 e. The van der Waals surface area contributed by atoms with Gasteiger partial charge in [-0.3, -0.25) is 9.36 Å². The van der Waals surface area contributed by atoms with Crippen LogP contribution in [0.3, 0.4) is 0 Å². The highest BCUT2D eigenvalue weighted by Gasteiger charge is 2.16. The van der Waals surface area contributed by atoms with Gasteiger partial charge >= 0.3 is 0 Å². The molecule has 1 aliphatic carbocycles. The second kappa shape index (κ2) is 9.12. The standard InChI is InChI=1S/C25H30N6O/c1-29-13-15-30(16-14-29)22-10-8-21(9-11-22)27-25-26-17-20-7-12-23(32)31(24(20)28-25)18-19-5-3-2-4-6-19/h2-3,7-12,17,19H,4-6,13-16,18H2,1H3,(H,26,27,28). The van der Waals surface area contributed by atoms with E-state index in [-0.39, 0.29) is 5.56 Å². The number of likely N-dealkylation sites (N-methyl/N-ethyl adjacent to an activating group) is 1. The number of benzene rings is 1. The maximum Gasteiger partial charge on any atom is 0.252 e. The number of pyridine rings is 1. The highest BCUT2D eigenvalue weighted by molar-refractivity contribution is 5.75. The Hall–Kier alpha value is -3.19. The molecule has 1 saturated heterocycles. The summed E-state index contributed by atoms with van der Waals surface area (Å²) >= 11 is 0. The van der Waals surface area contributed by atoms with E-state index in [0.29, 0.717) is 24.1 Å². The SMILES string of the molecule is CN1CCN(c2ccc(Nc3ncc4ccc(=O)n(CC5CC=CCC5)c4n3)cc2)CC1. The van der Waals surface area contributed by atoms with Crippen molar-refractivity contribution in [2.75, 3.05) is 43.4 Å². The molecule has 7 nitrogen and oxygen atoms in total. The van der Waals surface area contributed by atoms with Gasteiger partial charge in [0.15, 0.2) is 0 Å². The van der Waals surface area contributed by atoms with Gasteiger partial charge in [0.2, 0.25) is 5.95 Å². The number of piperazine rings is 1. The van der Waals surface area contributed by atoms with Gasteiger partial charge in [0.05, 0.1) is 0 Å². The molecule has 0 amide bonds. The van der Waals surface area contributed by atoms with Gasteiger partial charge < -0.3 is 15.1 Å². The molecule has 0 saturated carbocycles. The molecule has 5 rings (SSSR count). The van der Waals surface area contributed by atoms with Crippen LogP contribution in [0.1, 0.15) is 19.3 Å². The van der Waals surface area contributed by atoms with Gasteiger partial charge in [0, 0.05) is 61.7 Å². The first-order valence-electron chi connectivity index (χ1n) is 11.5. The fraction of sp³-hybridized carbons (Fsp3) is 0.400. The van der Waals surface area contributed by atoms with Crippen molar-refractivity contribution in [1.29, 1.82) is 0 Å². The Morgan fingerprint density at radius 2 is 1.84 bits per heavy atom. The Labute approximate surface area is 188 Å². The van der Waals surface area contributed by atoms with Crippen LogP contribution in [-0.4, -0.2) is 52.7 Å². The predicted octanol–water partition coefficient (Wildman–Crippen LogP) is 3.64. The minimum absolute atomic E-state index is 0.00627. The molecule has 32 heavy (non-hydrogen) atoms. The summed E-state index contributed by atoms with van der Waals surface area (Å²) < 4.78 is 1.81. The van der Waals surface area contributed by atoms with Crippen LogP contribution in [0, 0.1) is 5.92 Å². The first-order valence-corrected chi connectivity index (χ1v) is 11.5. The van der Waals surface area contributed by atoms with E-state index in [4.69, 9.17) is 4.98 Å². The quantitative estimate of drug-likeness (QED) is 0.624. The lowest BCUT2D eigenvalue weighted by molar-refractivity contribution is 0.313. The lowest BCUT2D eigenvalue weighted by Crippen LogP contribution is -2.44. The second-order valence-corrected chi connectivity index (χ2v) is 8.87. The van der Waals surface area contributed by atoms with Crippen LogP contribution < -0.4 is 15.8 Å². The summed E-state index contributed by atoms with van der Waals surface area (Å²) in [6.07, 6.45) is 9.43. The summed E-state index contributed by atoms with van der Waals surface area (Å²) in [4.78, 5) is 26.6. The summed E-state index contributed by atoms with van der Waals surface area (Å²) in [6, 6.07) is 11.8. The molecule has 3 aromatic rings. The fourth-order valence-electron chi connectivity index (χ4n) is 4.54. The highest BCUT2D eigenvalue weighted by atomic mass is 16.1. The number of hydrogen-bond acceptors (Lipinski definition) is 6. The molecule has 3 heterocycles. The van der Waals surface area contributed by atoms with E-state index >= 15 is 0 Å². The molecule has 1 unspecified atom stereocenters. The maximum atomic E-state index is 12.6. The van der Waals surface area contributed by atoms with Crippen LogP contribution in [0.15, 0.2) is 59.5 Å². The molecule has 2 aromatic heterocycles. The zero-order valence-corrected chi connectivity index (χ0v) is 18.6. The Morgan fingerprint density at radius 1 is 1.03 bits per heavy atom. The van der Waals surface area contributed by atoms with Gasteiger partial charge in [0.1, 0.15) is 5.65 Å². The van der Waals surface area contributed by atoms with Crippen molar-refractivity contribution in [3.05, 3.63) is 65.1 Å². The number of hydrogen-bond donors (Lipinski definition) is 1. The van der Waals surface area contributed by atoms with Crippen LogP contribution in [0.25, 0.3) is 11.0 Å². The van der Waals surface area contributed by atoms with E-state index in [1.807, 2.05) is 10.6 Å². The van der Waals surface area contributed by atoms with E-state index in [1.54, 1.807) is 12.3 Å². The average Bonchev–Trinajstić information content (AvgIpc) is 2.83. The Balaban J connectivity index is 1.36. The zero-order valence-electron chi connectivity index (χ0n) is 18.6. The van der Waals surface area contributed by atoms with Crippen molar-refractivity contribution in [3.8, 4) is 0 Å². The molecule has 166 valence electrons. The number of fused-ring (bicyclic) bond motifs is 1. The topological polar surface area (TPSA) is 66.3 Å². The average molecular weight is 431 g/mol. The van der Waals surface area contributed by atoms with Crippen LogP contribution in [-0.2, 0) is 6.54 Å². The molecule has 0 radical (unpaired) electrons. The second-order valence-electron chi connectivity index (χ2n) is 8.87. The molecule has 0 spiro atoms. The van der Waals surface area contributed by atoms with Gasteiger partial charge in [-0.25, -0.2) is 4.98 Å². The maximum absolute atomic E-state index is 12.6. The van der Waals surface area contributed by atoms with Gasteiger partial charge in [0.25, 0.3) is 5.56 Å². The Kier molecular flexibility index (Phi) is 5.90. The molecule has 1 N–H and O–H groups in total. The summed E-state index contributed by atoms with van der Waals surface area (Å²) in [5.74, 6) is 0.976. The third kappa shape index (κ3) is 4.53. The third-order valence-corrected chi connectivity index (χ3v) is 6.53. The van der Waals surface area contributed by atoms with Crippen molar-refractivity contribution in [1.82, 2.24) is 19.4 Å². The number of anilines is 3. The molecule has 7 heteroatoms. The largest absolute Gasteiger partial charge is 0.369 e. The Bertz CT molecular complexity index is 1160. The van der Waals surface area contributed by atoms with E-state index in [0.717, 1.165) is 56.5 Å². The van der Waals surface area contributed by atoms with Gasteiger partial charge in [-0.1, -0.05) is 12.2 Å². The van der Waals surface area contributed by atoms with E-state index in [2.05, 4.69) is 63.6 Å². The number of nitrogens with zero attached hydrogens (tertiary/aromatic N) is 5. The summed E-state index contributed by atoms with van der Waals surface area (Å²) in [7, 11) is 2.17. The molecule has 0 bridgehead atoms. The zero-order chi connectivity index (χ0) is 21.9. The van der Waals surface area contributed by atoms with Gasteiger partial charge in [-0.2, -0.15) is 4.98 Å². The molecular weight excluding hydrogens is 400 g/mol. The first-order chi connectivity index (χ1) is 15.7. The molecule has 1 aliphatic heterocycles. The van der Waals surface area contributed by atoms with Gasteiger partial charge in [-0.15, -0.1) is 0 Å². The molecule has 1 aromatic carbocycles. The smallest absolute Gasteiger partial charge is 0.252 e. The van der Waals surface area contributed by atoms with E-state index in [9.17, 15) is 4.79 Å². The summed E-state index contributed by atoms with van der Waals surface area (Å²) in [6.45, 7) is 4.96.